The van der Waals surface area contributed by atoms with Gasteiger partial charge in [0.1, 0.15) is 17.3 Å². The molecule has 7 nitrogen and oxygen atoms in total. The Bertz CT molecular complexity index is 490. The molecule has 2 aromatic rings. The standard InChI is InChI=1S/C9H12ClN7/c1-2-17-5-13-16-8(17)4-12-7-3-6(10)14-9(11)15-7/h3,5H,2,4H2,1H3,(H3,11,12,14,15). The molecule has 0 aliphatic rings. The van der Waals surface area contributed by atoms with Crippen LogP contribution in [0.5, 0.6) is 0 Å². The topological polar surface area (TPSA) is 94.5 Å². The van der Waals surface area contributed by atoms with Gasteiger partial charge in [-0.25, -0.2) is 4.98 Å². The van der Waals surface area contributed by atoms with Crippen LogP contribution in [-0.4, -0.2) is 24.7 Å². The number of hydrogen-bond acceptors (Lipinski definition) is 6. The maximum absolute atomic E-state index is 5.77. The summed E-state index contributed by atoms with van der Waals surface area (Å²) in [7, 11) is 0. The summed E-state index contributed by atoms with van der Waals surface area (Å²) in [6, 6.07) is 1.60. The molecule has 0 unspecified atom stereocenters. The van der Waals surface area contributed by atoms with Crippen molar-refractivity contribution in [3.8, 4) is 0 Å². The van der Waals surface area contributed by atoms with Crippen LogP contribution in [0.15, 0.2) is 12.4 Å². The van der Waals surface area contributed by atoms with Crippen LogP contribution in [0.25, 0.3) is 0 Å². The number of nitrogens with zero attached hydrogens (tertiary/aromatic N) is 5. The van der Waals surface area contributed by atoms with Gasteiger partial charge in [-0.05, 0) is 6.92 Å². The predicted octanol–water partition coefficient (Wildman–Crippen LogP) is 0.936. The molecule has 2 rings (SSSR count). The van der Waals surface area contributed by atoms with Crippen LogP contribution in [0.4, 0.5) is 11.8 Å². The van der Waals surface area contributed by atoms with Gasteiger partial charge >= 0.3 is 0 Å². The van der Waals surface area contributed by atoms with E-state index in [1.165, 1.54) is 0 Å². The van der Waals surface area contributed by atoms with Crippen LogP contribution in [0.3, 0.4) is 0 Å². The van der Waals surface area contributed by atoms with E-state index in [1.807, 2.05) is 11.5 Å². The second-order valence-electron chi connectivity index (χ2n) is 3.32. The molecule has 0 aliphatic heterocycles. The minimum Gasteiger partial charge on any atom is -0.368 e. The van der Waals surface area contributed by atoms with Gasteiger partial charge in [0.05, 0.1) is 6.54 Å². The lowest BCUT2D eigenvalue weighted by Gasteiger charge is -2.06. The molecule has 2 heterocycles. The zero-order valence-electron chi connectivity index (χ0n) is 9.26. The Labute approximate surface area is 103 Å². The third-order valence-corrected chi connectivity index (χ3v) is 2.37. The SMILES string of the molecule is CCn1cnnc1CNc1cc(Cl)nc(N)n1. The highest BCUT2D eigenvalue weighted by Crippen LogP contribution is 2.13. The predicted molar refractivity (Wildman–Crippen MR) is 64.5 cm³/mol. The van der Waals surface area contributed by atoms with E-state index in [9.17, 15) is 0 Å². The Morgan fingerprint density at radius 2 is 2.29 bits per heavy atom. The zero-order chi connectivity index (χ0) is 12.3. The van der Waals surface area contributed by atoms with Gasteiger partial charge in [-0.2, -0.15) is 4.98 Å². The molecule has 3 N–H and O–H groups in total. The summed E-state index contributed by atoms with van der Waals surface area (Å²) in [5, 5.41) is 11.2. The van der Waals surface area contributed by atoms with E-state index >= 15 is 0 Å². The van der Waals surface area contributed by atoms with Crippen molar-refractivity contribution in [1.29, 1.82) is 0 Å². The molecule has 0 aliphatic carbocycles. The van der Waals surface area contributed by atoms with Crippen LogP contribution < -0.4 is 11.1 Å². The first kappa shape index (κ1) is 11.6. The van der Waals surface area contributed by atoms with Crippen molar-refractivity contribution in [2.24, 2.45) is 0 Å². The maximum Gasteiger partial charge on any atom is 0.223 e. The van der Waals surface area contributed by atoms with Crippen LogP contribution in [0.1, 0.15) is 12.7 Å². The molecule has 0 atom stereocenters. The molecule has 8 heteroatoms. The molecule has 0 saturated heterocycles. The Morgan fingerprint density at radius 1 is 1.47 bits per heavy atom. The smallest absolute Gasteiger partial charge is 0.223 e. The second-order valence-corrected chi connectivity index (χ2v) is 3.71. The van der Waals surface area contributed by atoms with E-state index in [0.717, 1.165) is 12.4 Å². The molecule has 2 aromatic heterocycles. The normalized spacial score (nSPS) is 10.5. The number of nitrogens with two attached hydrogens (primary N) is 1. The lowest BCUT2D eigenvalue weighted by molar-refractivity contribution is 0.707. The number of halogens is 1. The van der Waals surface area contributed by atoms with E-state index in [-0.39, 0.29) is 5.95 Å². The van der Waals surface area contributed by atoms with Gasteiger partial charge in [-0.3, -0.25) is 0 Å². The summed E-state index contributed by atoms with van der Waals surface area (Å²) in [5.41, 5.74) is 5.48. The zero-order valence-corrected chi connectivity index (χ0v) is 10.0. The average molecular weight is 254 g/mol. The first-order valence-electron chi connectivity index (χ1n) is 5.09. The van der Waals surface area contributed by atoms with E-state index in [2.05, 4.69) is 25.5 Å². The van der Waals surface area contributed by atoms with Gasteiger partial charge in [0.25, 0.3) is 0 Å². The van der Waals surface area contributed by atoms with Gasteiger partial charge in [0.2, 0.25) is 5.95 Å². The molecule has 0 radical (unpaired) electrons. The molecule has 0 fully saturated rings. The van der Waals surface area contributed by atoms with E-state index in [0.29, 0.717) is 17.5 Å². The number of rotatable bonds is 4. The highest BCUT2D eigenvalue weighted by Gasteiger charge is 2.04. The van der Waals surface area contributed by atoms with E-state index < -0.39 is 0 Å². The van der Waals surface area contributed by atoms with Gasteiger partial charge in [-0.15, -0.1) is 10.2 Å². The monoisotopic (exact) mass is 253 g/mol. The van der Waals surface area contributed by atoms with Crippen molar-refractivity contribution in [3.05, 3.63) is 23.4 Å². The van der Waals surface area contributed by atoms with Crippen LogP contribution in [-0.2, 0) is 13.1 Å². The van der Waals surface area contributed by atoms with Crippen molar-refractivity contribution < 1.29 is 0 Å². The Balaban J connectivity index is 2.07. The first-order chi connectivity index (χ1) is 8.19. The fourth-order valence-corrected chi connectivity index (χ4v) is 1.57. The van der Waals surface area contributed by atoms with Gasteiger partial charge in [-0.1, -0.05) is 11.6 Å². The molecule has 17 heavy (non-hydrogen) atoms. The number of aryl methyl sites for hydroxylation is 1. The summed E-state index contributed by atoms with van der Waals surface area (Å²) in [4.78, 5) is 7.77. The van der Waals surface area contributed by atoms with Crippen molar-refractivity contribution in [2.75, 3.05) is 11.1 Å². The fraction of sp³-hybridized carbons (Fsp3) is 0.333. The van der Waals surface area contributed by atoms with E-state index in [1.54, 1.807) is 12.4 Å². The summed E-state index contributed by atoms with van der Waals surface area (Å²) < 4.78 is 1.93. The Morgan fingerprint density at radius 3 is 3.00 bits per heavy atom. The van der Waals surface area contributed by atoms with Crippen molar-refractivity contribution in [2.45, 2.75) is 20.0 Å². The van der Waals surface area contributed by atoms with Crippen molar-refractivity contribution >= 4 is 23.4 Å². The number of hydrogen-bond donors (Lipinski definition) is 2. The lowest BCUT2D eigenvalue weighted by atomic mass is 10.5. The van der Waals surface area contributed by atoms with E-state index in [4.69, 9.17) is 17.3 Å². The molecule has 0 amide bonds. The minimum absolute atomic E-state index is 0.136. The molecular formula is C9H12ClN7. The lowest BCUT2D eigenvalue weighted by Crippen LogP contribution is -2.09. The molecule has 90 valence electrons. The fourth-order valence-electron chi connectivity index (χ4n) is 1.38. The summed E-state index contributed by atoms with van der Waals surface area (Å²) in [6.07, 6.45) is 1.68. The summed E-state index contributed by atoms with van der Waals surface area (Å²) in [6.45, 7) is 3.34. The average Bonchev–Trinajstić information content (AvgIpc) is 2.72. The number of nitrogens with one attached hydrogen (secondary N) is 1. The highest BCUT2D eigenvalue weighted by molar-refractivity contribution is 6.29. The summed E-state index contributed by atoms with van der Waals surface area (Å²) in [5.74, 6) is 1.52. The van der Waals surface area contributed by atoms with Crippen molar-refractivity contribution in [1.82, 2.24) is 24.7 Å². The third-order valence-electron chi connectivity index (χ3n) is 2.18. The second kappa shape index (κ2) is 4.96. The van der Waals surface area contributed by atoms with Crippen molar-refractivity contribution in [3.63, 3.8) is 0 Å². The Kier molecular flexibility index (Phi) is 3.38. The first-order valence-corrected chi connectivity index (χ1v) is 5.47. The number of nitrogen functional groups attached to an aromatic ring is 1. The largest absolute Gasteiger partial charge is 0.368 e. The Hall–Kier alpha value is -1.89. The highest BCUT2D eigenvalue weighted by atomic mass is 35.5. The van der Waals surface area contributed by atoms with Crippen LogP contribution in [0.2, 0.25) is 5.15 Å². The third kappa shape index (κ3) is 2.82. The molecule has 0 bridgehead atoms. The number of anilines is 2. The maximum atomic E-state index is 5.77. The van der Waals surface area contributed by atoms with Gasteiger partial charge in [0, 0.05) is 12.6 Å². The number of aromatic nitrogens is 5. The van der Waals surface area contributed by atoms with Crippen LogP contribution >= 0.6 is 11.6 Å². The van der Waals surface area contributed by atoms with Crippen LogP contribution in [0, 0.1) is 0 Å². The van der Waals surface area contributed by atoms with Gasteiger partial charge in [0.15, 0.2) is 5.82 Å². The molecule has 0 saturated carbocycles. The minimum atomic E-state index is 0.136. The molecule has 0 aromatic carbocycles. The van der Waals surface area contributed by atoms with Gasteiger partial charge < -0.3 is 15.6 Å². The summed E-state index contributed by atoms with van der Waals surface area (Å²) >= 11 is 5.77. The quantitative estimate of drug-likeness (QED) is 0.788. The molecular weight excluding hydrogens is 242 g/mol. The molecule has 0 spiro atoms.